The summed E-state index contributed by atoms with van der Waals surface area (Å²) in [4.78, 5) is 4.04. The first-order valence-corrected chi connectivity index (χ1v) is 5.50. The Bertz CT molecular complexity index is 499. The first-order chi connectivity index (χ1) is 7.24. The molecule has 0 amide bonds. The Balaban J connectivity index is 2.78. The van der Waals surface area contributed by atoms with Crippen molar-refractivity contribution < 1.29 is 4.39 Å². The van der Waals surface area contributed by atoms with E-state index in [9.17, 15) is 4.39 Å². The van der Waals surface area contributed by atoms with Crippen LogP contribution in [0.25, 0.3) is 10.9 Å². The van der Waals surface area contributed by atoms with Crippen LogP contribution in [0.15, 0.2) is 28.9 Å². The summed E-state index contributed by atoms with van der Waals surface area (Å²) in [5, 5.41) is 3.97. The van der Waals surface area contributed by atoms with E-state index in [0.29, 0.717) is 5.52 Å². The largest absolute Gasteiger partial charge is 0.385 e. The second-order valence-electron chi connectivity index (χ2n) is 3.14. The van der Waals surface area contributed by atoms with Crippen molar-refractivity contribution in [3.05, 3.63) is 34.7 Å². The van der Waals surface area contributed by atoms with E-state index in [1.165, 1.54) is 6.07 Å². The number of halogens is 2. The Kier molecular flexibility index (Phi) is 2.86. The molecule has 0 aliphatic rings. The summed E-state index contributed by atoms with van der Waals surface area (Å²) in [5.41, 5.74) is 1.29. The third kappa shape index (κ3) is 1.81. The molecule has 0 unspecified atom stereocenters. The highest BCUT2D eigenvalue weighted by Crippen LogP contribution is 2.30. The van der Waals surface area contributed by atoms with Gasteiger partial charge in [-0.25, -0.2) is 4.39 Å². The number of pyridine rings is 1. The van der Waals surface area contributed by atoms with Gasteiger partial charge in [-0.3, -0.25) is 4.98 Å². The van der Waals surface area contributed by atoms with E-state index < -0.39 is 0 Å². The normalized spacial score (nSPS) is 10.6. The number of nitrogens with one attached hydrogen (secondary N) is 1. The van der Waals surface area contributed by atoms with E-state index in [4.69, 9.17) is 0 Å². The molecule has 1 heterocycles. The molecular formula is C11H10BrFN2. The number of fused-ring (bicyclic) bond motifs is 1. The van der Waals surface area contributed by atoms with Gasteiger partial charge in [-0.2, -0.15) is 0 Å². The molecular weight excluding hydrogens is 259 g/mol. The van der Waals surface area contributed by atoms with E-state index in [1.807, 2.05) is 13.0 Å². The summed E-state index contributed by atoms with van der Waals surface area (Å²) in [6.45, 7) is 2.79. The summed E-state index contributed by atoms with van der Waals surface area (Å²) < 4.78 is 14.3. The van der Waals surface area contributed by atoms with E-state index in [0.717, 1.165) is 22.1 Å². The van der Waals surface area contributed by atoms with Crippen molar-refractivity contribution in [3.63, 3.8) is 0 Å². The topological polar surface area (TPSA) is 24.9 Å². The van der Waals surface area contributed by atoms with Crippen LogP contribution in [-0.4, -0.2) is 11.5 Å². The fraction of sp³-hybridized carbons (Fsp3) is 0.182. The summed E-state index contributed by atoms with van der Waals surface area (Å²) in [6, 6.07) is 4.95. The highest BCUT2D eigenvalue weighted by atomic mass is 79.9. The van der Waals surface area contributed by atoms with Gasteiger partial charge in [-0.1, -0.05) is 15.9 Å². The molecule has 4 heteroatoms. The molecule has 0 aliphatic heterocycles. The molecule has 1 N–H and O–H groups in total. The monoisotopic (exact) mass is 268 g/mol. The Morgan fingerprint density at radius 2 is 2.20 bits per heavy atom. The van der Waals surface area contributed by atoms with Gasteiger partial charge in [0, 0.05) is 28.3 Å². The molecule has 1 aromatic carbocycles. The van der Waals surface area contributed by atoms with E-state index in [-0.39, 0.29) is 5.82 Å². The third-order valence-electron chi connectivity index (χ3n) is 2.16. The lowest BCUT2D eigenvalue weighted by Crippen LogP contribution is -1.98. The number of hydrogen-bond donors (Lipinski definition) is 1. The Morgan fingerprint density at radius 3 is 2.93 bits per heavy atom. The minimum absolute atomic E-state index is 0.298. The average Bonchev–Trinajstić information content (AvgIpc) is 2.24. The van der Waals surface area contributed by atoms with Crippen molar-refractivity contribution in [2.45, 2.75) is 6.92 Å². The maximum Gasteiger partial charge on any atom is 0.149 e. The Hall–Kier alpha value is -1.16. The van der Waals surface area contributed by atoms with Gasteiger partial charge in [-0.15, -0.1) is 0 Å². The zero-order chi connectivity index (χ0) is 10.8. The highest BCUT2D eigenvalue weighted by molar-refractivity contribution is 9.10. The number of anilines is 1. The molecule has 15 heavy (non-hydrogen) atoms. The van der Waals surface area contributed by atoms with E-state index >= 15 is 0 Å². The summed E-state index contributed by atoms with van der Waals surface area (Å²) in [7, 11) is 0. The van der Waals surface area contributed by atoms with Crippen LogP contribution >= 0.6 is 15.9 Å². The van der Waals surface area contributed by atoms with E-state index in [2.05, 4.69) is 26.2 Å². The molecule has 0 radical (unpaired) electrons. The van der Waals surface area contributed by atoms with E-state index in [1.54, 1.807) is 12.3 Å². The van der Waals surface area contributed by atoms with Crippen molar-refractivity contribution in [1.82, 2.24) is 4.98 Å². The molecule has 78 valence electrons. The third-order valence-corrected chi connectivity index (χ3v) is 2.82. The zero-order valence-electron chi connectivity index (χ0n) is 8.22. The minimum atomic E-state index is -0.298. The number of hydrogen-bond acceptors (Lipinski definition) is 2. The highest BCUT2D eigenvalue weighted by Gasteiger charge is 2.08. The summed E-state index contributed by atoms with van der Waals surface area (Å²) in [6.07, 6.45) is 1.61. The van der Waals surface area contributed by atoms with Gasteiger partial charge in [0.1, 0.15) is 11.3 Å². The fourth-order valence-electron chi connectivity index (χ4n) is 1.53. The van der Waals surface area contributed by atoms with Crippen molar-refractivity contribution in [2.75, 3.05) is 11.9 Å². The molecule has 2 nitrogen and oxygen atoms in total. The molecule has 0 atom stereocenters. The lowest BCUT2D eigenvalue weighted by molar-refractivity contribution is 0.636. The number of nitrogens with zero attached hydrogens (tertiary/aromatic N) is 1. The van der Waals surface area contributed by atoms with Crippen molar-refractivity contribution in [3.8, 4) is 0 Å². The molecule has 0 aliphatic carbocycles. The van der Waals surface area contributed by atoms with Gasteiger partial charge in [-0.05, 0) is 25.1 Å². The van der Waals surface area contributed by atoms with Gasteiger partial charge < -0.3 is 5.32 Å². The van der Waals surface area contributed by atoms with Crippen molar-refractivity contribution in [2.24, 2.45) is 0 Å². The van der Waals surface area contributed by atoms with Crippen LogP contribution in [0.5, 0.6) is 0 Å². The zero-order valence-corrected chi connectivity index (χ0v) is 9.81. The van der Waals surface area contributed by atoms with Crippen LogP contribution in [0.3, 0.4) is 0 Å². The quantitative estimate of drug-likeness (QED) is 0.901. The minimum Gasteiger partial charge on any atom is -0.385 e. The number of benzene rings is 1. The van der Waals surface area contributed by atoms with Crippen LogP contribution in [0.2, 0.25) is 0 Å². The summed E-state index contributed by atoms with van der Waals surface area (Å²) in [5.74, 6) is -0.298. The molecule has 1 aromatic heterocycles. The lowest BCUT2D eigenvalue weighted by Gasteiger charge is -2.09. The average molecular weight is 269 g/mol. The second-order valence-corrected chi connectivity index (χ2v) is 4.00. The maximum absolute atomic E-state index is 13.5. The van der Waals surface area contributed by atoms with Gasteiger partial charge in [0.15, 0.2) is 0 Å². The lowest BCUT2D eigenvalue weighted by atomic mass is 10.2. The van der Waals surface area contributed by atoms with Crippen LogP contribution < -0.4 is 5.32 Å². The van der Waals surface area contributed by atoms with Gasteiger partial charge in [0.2, 0.25) is 0 Å². The Morgan fingerprint density at radius 1 is 1.40 bits per heavy atom. The second kappa shape index (κ2) is 4.14. The fourth-order valence-corrected chi connectivity index (χ4v) is 2.06. The van der Waals surface area contributed by atoms with Crippen molar-refractivity contribution in [1.29, 1.82) is 0 Å². The van der Waals surface area contributed by atoms with Crippen molar-refractivity contribution >= 4 is 32.5 Å². The molecule has 0 saturated carbocycles. The van der Waals surface area contributed by atoms with Crippen LogP contribution in [-0.2, 0) is 0 Å². The van der Waals surface area contributed by atoms with Gasteiger partial charge in [0.05, 0.1) is 0 Å². The van der Waals surface area contributed by atoms with Crippen LogP contribution in [0.4, 0.5) is 10.1 Å². The smallest absolute Gasteiger partial charge is 0.149 e. The molecule has 0 spiro atoms. The number of aromatic nitrogens is 1. The first-order valence-electron chi connectivity index (χ1n) is 4.70. The van der Waals surface area contributed by atoms with Crippen LogP contribution in [0.1, 0.15) is 6.92 Å². The molecule has 0 fully saturated rings. The first kappa shape index (κ1) is 10.4. The Labute approximate surface area is 95.6 Å². The molecule has 2 rings (SSSR count). The SMILES string of the molecule is CCNc1ccnc2c(F)ccc(Br)c12. The molecule has 0 bridgehead atoms. The van der Waals surface area contributed by atoms with Gasteiger partial charge >= 0.3 is 0 Å². The number of rotatable bonds is 2. The molecule has 2 aromatic rings. The summed E-state index contributed by atoms with van der Waals surface area (Å²) >= 11 is 3.41. The van der Waals surface area contributed by atoms with Gasteiger partial charge in [0.25, 0.3) is 0 Å². The molecule has 0 saturated heterocycles. The predicted octanol–water partition coefficient (Wildman–Crippen LogP) is 3.57. The van der Waals surface area contributed by atoms with Crippen LogP contribution in [0, 0.1) is 5.82 Å². The standard InChI is InChI=1S/C11H10BrFN2/c1-2-14-9-5-6-15-11-8(13)4-3-7(12)10(9)11/h3-6H,2H2,1H3,(H,14,15). The maximum atomic E-state index is 13.5. The predicted molar refractivity (Wildman–Crippen MR) is 63.6 cm³/mol.